The molecule has 90 valence electrons. The first kappa shape index (κ1) is 10.6. The third-order valence-corrected chi connectivity index (χ3v) is 3.33. The molecule has 1 atom stereocenters. The summed E-state index contributed by atoms with van der Waals surface area (Å²) in [6.45, 7) is 2.12. The Morgan fingerprint density at radius 1 is 1.47 bits per heavy atom. The van der Waals surface area contributed by atoms with Crippen LogP contribution in [0.25, 0.3) is 11.0 Å². The van der Waals surface area contributed by atoms with Gasteiger partial charge in [-0.3, -0.25) is 0 Å². The smallest absolute Gasteiger partial charge is 0.139 e. The first-order valence-electron chi connectivity index (χ1n) is 6.23. The Balaban J connectivity index is 1.62. The van der Waals surface area contributed by atoms with Crippen LogP contribution >= 0.6 is 0 Å². The molecule has 2 N–H and O–H groups in total. The molecule has 1 aliphatic rings. The fraction of sp³-hybridized carbons (Fsp3) is 0.462. The third-order valence-electron chi connectivity index (χ3n) is 3.33. The topological polar surface area (TPSA) is 50.1 Å². The second kappa shape index (κ2) is 4.75. The van der Waals surface area contributed by atoms with E-state index >= 15 is 0 Å². The maximum Gasteiger partial charge on any atom is 0.139 e. The van der Waals surface area contributed by atoms with Crippen LogP contribution in [0.3, 0.4) is 0 Å². The van der Waals surface area contributed by atoms with Crippen LogP contribution in [0, 0.1) is 0 Å². The number of aromatic nitrogens is 1. The van der Waals surface area contributed by atoms with Gasteiger partial charge in [0.15, 0.2) is 0 Å². The molecule has 0 bridgehead atoms. The minimum Gasteiger partial charge on any atom is -0.464 e. The van der Waals surface area contributed by atoms with Crippen LogP contribution in [-0.4, -0.2) is 24.1 Å². The van der Waals surface area contributed by atoms with Crippen LogP contribution in [0.15, 0.2) is 29.0 Å². The molecule has 0 aliphatic carbocycles. The van der Waals surface area contributed by atoms with Crippen molar-refractivity contribution < 1.29 is 4.42 Å². The van der Waals surface area contributed by atoms with E-state index in [2.05, 4.69) is 15.6 Å². The number of hydrogen-bond donors (Lipinski definition) is 2. The van der Waals surface area contributed by atoms with Gasteiger partial charge >= 0.3 is 0 Å². The molecule has 4 nitrogen and oxygen atoms in total. The Hall–Kier alpha value is -1.55. The predicted molar refractivity (Wildman–Crippen MR) is 68.1 cm³/mol. The molecule has 1 fully saturated rings. The summed E-state index contributed by atoms with van der Waals surface area (Å²) in [6.07, 6.45) is 7.24. The van der Waals surface area contributed by atoms with Gasteiger partial charge in [0.05, 0.1) is 11.6 Å². The Morgan fingerprint density at radius 3 is 3.35 bits per heavy atom. The second-order valence-corrected chi connectivity index (χ2v) is 4.50. The van der Waals surface area contributed by atoms with Gasteiger partial charge in [-0.15, -0.1) is 0 Å². The van der Waals surface area contributed by atoms with Gasteiger partial charge in [-0.1, -0.05) is 0 Å². The lowest BCUT2D eigenvalue weighted by Gasteiger charge is -2.11. The molecule has 0 saturated carbocycles. The molecule has 2 aromatic heterocycles. The normalized spacial score (nSPS) is 19.9. The van der Waals surface area contributed by atoms with Gasteiger partial charge in [0.1, 0.15) is 11.4 Å². The van der Waals surface area contributed by atoms with E-state index in [9.17, 15) is 0 Å². The SMILES string of the molecule is c1cc2occc2c(NCC[C@H]2CCCN2)n1. The standard InChI is InChI=1S/C13H17N3O/c1-2-10(14-6-1)3-7-15-13-11-5-9-17-12(11)4-8-16-13/h4-5,8-10,14H,1-3,6-7H2,(H,15,16)/t10-/m1/s1. The second-order valence-electron chi connectivity index (χ2n) is 4.50. The van der Waals surface area contributed by atoms with Crippen LogP contribution in [0.1, 0.15) is 19.3 Å². The monoisotopic (exact) mass is 231 g/mol. The van der Waals surface area contributed by atoms with E-state index in [0.29, 0.717) is 6.04 Å². The van der Waals surface area contributed by atoms with Gasteiger partial charge in [0.2, 0.25) is 0 Å². The molecule has 0 spiro atoms. The summed E-state index contributed by atoms with van der Waals surface area (Å²) in [4.78, 5) is 4.35. The molecule has 4 heteroatoms. The van der Waals surface area contributed by atoms with Gasteiger partial charge < -0.3 is 15.1 Å². The van der Waals surface area contributed by atoms with Crippen molar-refractivity contribution in [3.8, 4) is 0 Å². The molecule has 1 saturated heterocycles. The van der Waals surface area contributed by atoms with Crippen molar-refractivity contribution in [2.75, 3.05) is 18.4 Å². The summed E-state index contributed by atoms with van der Waals surface area (Å²) >= 11 is 0. The summed E-state index contributed by atoms with van der Waals surface area (Å²) in [5.74, 6) is 0.925. The molecule has 0 aromatic carbocycles. The number of hydrogen-bond acceptors (Lipinski definition) is 4. The van der Waals surface area contributed by atoms with Crippen LogP contribution in [-0.2, 0) is 0 Å². The Labute approximate surface area is 100 Å². The zero-order chi connectivity index (χ0) is 11.5. The van der Waals surface area contributed by atoms with E-state index in [1.54, 1.807) is 12.5 Å². The van der Waals surface area contributed by atoms with E-state index in [0.717, 1.165) is 29.8 Å². The highest BCUT2D eigenvalue weighted by Gasteiger charge is 2.13. The predicted octanol–water partition coefficient (Wildman–Crippen LogP) is 2.38. The lowest BCUT2D eigenvalue weighted by molar-refractivity contribution is 0.574. The third kappa shape index (κ3) is 2.26. The van der Waals surface area contributed by atoms with Crippen LogP contribution in [0.2, 0.25) is 0 Å². The first-order chi connectivity index (χ1) is 8.43. The zero-order valence-corrected chi connectivity index (χ0v) is 9.78. The molecular weight excluding hydrogens is 214 g/mol. The molecular formula is C13H17N3O. The van der Waals surface area contributed by atoms with Crippen LogP contribution in [0.5, 0.6) is 0 Å². The number of nitrogens with zero attached hydrogens (tertiary/aromatic N) is 1. The van der Waals surface area contributed by atoms with Crippen molar-refractivity contribution in [3.05, 3.63) is 24.6 Å². The highest BCUT2D eigenvalue weighted by atomic mass is 16.3. The Bertz CT molecular complexity index is 488. The largest absolute Gasteiger partial charge is 0.464 e. The number of nitrogens with one attached hydrogen (secondary N) is 2. The molecule has 0 radical (unpaired) electrons. The first-order valence-corrected chi connectivity index (χ1v) is 6.23. The summed E-state index contributed by atoms with van der Waals surface area (Å²) in [7, 11) is 0. The van der Waals surface area contributed by atoms with Gasteiger partial charge in [-0.25, -0.2) is 4.98 Å². The maximum absolute atomic E-state index is 5.35. The average Bonchev–Trinajstić information content (AvgIpc) is 2.99. The van der Waals surface area contributed by atoms with Crippen molar-refractivity contribution in [1.82, 2.24) is 10.3 Å². The number of pyridine rings is 1. The van der Waals surface area contributed by atoms with Crippen molar-refractivity contribution in [2.45, 2.75) is 25.3 Å². The number of furan rings is 1. The number of anilines is 1. The van der Waals surface area contributed by atoms with Crippen LogP contribution < -0.4 is 10.6 Å². The fourth-order valence-electron chi connectivity index (χ4n) is 2.40. The Kier molecular flexibility index (Phi) is 2.96. The summed E-state index contributed by atoms with van der Waals surface area (Å²) in [5.41, 5.74) is 0.890. The molecule has 17 heavy (non-hydrogen) atoms. The van der Waals surface area contributed by atoms with Crippen molar-refractivity contribution >= 4 is 16.8 Å². The van der Waals surface area contributed by atoms with Gasteiger partial charge in [-0.05, 0) is 37.9 Å². The molecule has 0 unspecified atom stereocenters. The lowest BCUT2D eigenvalue weighted by Crippen LogP contribution is -2.24. The van der Waals surface area contributed by atoms with Crippen molar-refractivity contribution in [1.29, 1.82) is 0 Å². The summed E-state index contributed by atoms with van der Waals surface area (Å²) in [5, 5.41) is 7.95. The highest BCUT2D eigenvalue weighted by molar-refractivity contribution is 5.87. The molecule has 0 amide bonds. The Morgan fingerprint density at radius 2 is 2.47 bits per heavy atom. The van der Waals surface area contributed by atoms with Crippen molar-refractivity contribution in [2.24, 2.45) is 0 Å². The van der Waals surface area contributed by atoms with Gasteiger partial charge in [0.25, 0.3) is 0 Å². The summed E-state index contributed by atoms with van der Waals surface area (Å²) < 4.78 is 5.35. The minimum absolute atomic E-state index is 0.672. The van der Waals surface area contributed by atoms with E-state index in [4.69, 9.17) is 4.42 Å². The summed E-state index contributed by atoms with van der Waals surface area (Å²) in [6, 6.07) is 4.52. The molecule has 2 aromatic rings. The lowest BCUT2D eigenvalue weighted by atomic mass is 10.1. The van der Waals surface area contributed by atoms with E-state index < -0.39 is 0 Å². The van der Waals surface area contributed by atoms with Crippen molar-refractivity contribution in [3.63, 3.8) is 0 Å². The zero-order valence-electron chi connectivity index (χ0n) is 9.78. The maximum atomic E-state index is 5.35. The number of rotatable bonds is 4. The molecule has 3 heterocycles. The molecule has 3 rings (SSSR count). The minimum atomic E-state index is 0.672. The van der Waals surface area contributed by atoms with Gasteiger partial charge in [0, 0.05) is 18.8 Å². The van der Waals surface area contributed by atoms with E-state index in [1.807, 2.05) is 12.1 Å². The quantitative estimate of drug-likeness (QED) is 0.848. The molecule has 1 aliphatic heterocycles. The van der Waals surface area contributed by atoms with Gasteiger partial charge in [-0.2, -0.15) is 0 Å². The fourth-order valence-corrected chi connectivity index (χ4v) is 2.40. The van der Waals surface area contributed by atoms with E-state index in [1.165, 1.54) is 19.4 Å². The van der Waals surface area contributed by atoms with E-state index in [-0.39, 0.29) is 0 Å². The number of fused-ring (bicyclic) bond motifs is 1. The highest BCUT2D eigenvalue weighted by Crippen LogP contribution is 2.21. The average molecular weight is 231 g/mol. The van der Waals surface area contributed by atoms with Crippen LogP contribution in [0.4, 0.5) is 5.82 Å².